The summed E-state index contributed by atoms with van der Waals surface area (Å²) in [5.74, 6) is -0.395. The first-order valence-electron chi connectivity index (χ1n) is 5.76. The third-order valence-electron chi connectivity index (χ3n) is 3.06. The van der Waals surface area contributed by atoms with E-state index in [1.54, 1.807) is 12.1 Å². The van der Waals surface area contributed by atoms with Gasteiger partial charge in [-0.05, 0) is 54.3 Å². The van der Waals surface area contributed by atoms with Crippen molar-refractivity contribution in [1.29, 1.82) is 0 Å². The van der Waals surface area contributed by atoms with Crippen LogP contribution < -0.4 is 0 Å². The SMILES string of the molecule is Cc1cc(C(Br)c2ccc(F)c(Cl)c2)c(C)cc1Br. The maximum atomic E-state index is 13.2. The van der Waals surface area contributed by atoms with Gasteiger partial charge in [0.25, 0.3) is 0 Å². The van der Waals surface area contributed by atoms with Crippen LogP contribution in [0.3, 0.4) is 0 Å². The predicted molar refractivity (Wildman–Crippen MR) is 85.8 cm³/mol. The summed E-state index contributed by atoms with van der Waals surface area (Å²) in [5.41, 5.74) is 4.43. The van der Waals surface area contributed by atoms with Gasteiger partial charge in [0.05, 0.1) is 9.85 Å². The van der Waals surface area contributed by atoms with Crippen LogP contribution in [0.1, 0.15) is 27.1 Å². The van der Waals surface area contributed by atoms with Crippen molar-refractivity contribution in [3.8, 4) is 0 Å². The number of halogens is 4. The summed E-state index contributed by atoms with van der Waals surface area (Å²) in [6.45, 7) is 4.10. The van der Waals surface area contributed by atoms with Crippen molar-refractivity contribution in [3.05, 3.63) is 67.9 Å². The van der Waals surface area contributed by atoms with Crippen LogP contribution in [-0.4, -0.2) is 0 Å². The molecule has 0 aliphatic heterocycles. The molecule has 0 aromatic heterocycles. The summed E-state index contributed by atoms with van der Waals surface area (Å²) >= 11 is 13.0. The van der Waals surface area contributed by atoms with Crippen LogP contribution in [0.25, 0.3) is 0 Å². The van der Waals surface area contributed by atoms with Crippen LogP contribution in [0, 0.1) is 19.7 Å². The molecule has 0 radical (unpaired) electrons. The standard InChI is InChI=1S/C15H12Br2ClF/c1-8-6-12(16)9(2)5-11(8)15(17)10-3-4-14(19)13(18)7-10/h3-7,15H,1-2H3. The maximum Gasteiger partial charge on any atom is 0.141 e. The fraction of sp³-hybridized carbons (Fsp3) is 0.200. The Labute approximate surface area is 134 Å². The first-order valence-corrected chi connectivity index (χ1v) is 7.84. The van der Waals surface area contributed by atoms with E-state index in [-0.39, 0.29) is 9.85 Å². The van der Waals surface area contributed by atoms with Crippen LogP contribution in [0.15, 0.2) is 34.8 Å². The number of aryl methyl sites for hydroxylation is 2. The first-order chi connectivity index (χ1) is 8.90. The molecule has 1 unspecified atom stereocenters. The van der Waals surface area contributed by atoms with Crippen molar-refractivity contribution in [2.75, 3.05) is 0 Å². The molecule has 0 heterocycles. The van der Waals surface area contributed by atoms with Crippen LogP contribution in [0.4, 0.5) is 4.39 Å². The van der Waals surface area contributed by atoms with E-state index < -0.39 is 5.82 Å². The molecule has 2 rings (SSSR count). The zero-order valence-electron chi connectivity index (χ0n) is 10.5. The highest BCUT2D eigenvalue weighted by Gasteiger charge is 2.15. The van der Waals surface area contributed by atoms with Gasteiger partial charge < -0.3 is 0 Å². The number of hydrogen-bond acceptors (Lipinski definition) is 0. The molecule has 2 aromatic rings. The Morgan fingerprint density at radius 2 is 1.79 bits per heavy atom. The van der Waals surface area contributed by atoms with E-state index in [1.807, 2.05) is 6.92 Å². The van der Waals surface area contributed by atoms with E-state index in [0.29, 0.717) is 0 Å². The molecule has 0 fully saturated rings. The number of alkyl halides is 1. The van der Waals surface area contributed by atoms with Crippen LogP contribution >= 0.6 is 43.5 Å². The Bertz CT molecular complexity index is 626. The second-order valence-corrected chi connectivity index (χ2v) is 6.67. The van der Waals surface area contributed by atoms with Crippen molar-refractivity contribution >= 4 is 43.5 Å². The van der Waals surface area contributed by atoms with Gasteiger partial charge in [-0.25, -0.2) is 4.39 Å². The highest BCUT2D eigenvalue weighted by atomic mass is 79.9. The van der Waals surface area contributed by atoms with Crippen molar-refractivity contribution in [2.24, 2.45) is 0 Å². The minimum atomic E-state index is -0.395. The molecule has 0 bridgehead atoms. The normalized spacial score (nSPS) is 12.5. The minimum absolute atomic E-state index is 0.00241. The van der Waals surface area contributed by atoms with E-state index in [0.717, 1.165) is 15.6 Å². The van der Waals surface area contributed by atoms with Gasteiger partial charge in [-0.2, -0.15) is 0 Å². The van der Waals surface area contributed by atoms with Crippen molar-refractivity contribution in [2.45, 2.75) is 18.7 Å². The molecule has 0 aliphatic carbocycles. The lowest BCUT2D eigenvalue weighted by Gasteiger charge is -2.16. The van der Waals surface area contributed by atoms with E-state index in [4.69, 9.17) is 11.6 Å². The summed E-state index contributed by atoms with van der Waals surface area (Å²) < 4.78 is 14.3. The number of hydrogen-bond donors (Lipinski definition) is 0. The maximum absolute atomic E-state index is 13.2. The molecule has 100 valence electrons. The Hall–Kier alpha value is -0.380. The van der Waals surface area contributed by atoms with E-state index >= 15 is 0 Å². The fourth-order valence-corrected chi connectivity index (χ4v) is 3.35. The molecule has 0 saturated heterocycles. The highest BCUT2D eigenvalue weighted by molar-refractivity contribution is 9.10. The molecular formula is C15H12Br2ClF. The van der Waals surface area contributed by atoms with Gasteiger partial charge in [-0.3, -0.25) is 0 Å². The fourth-order valence-electron chi connectivity index (χ4n) is 1.93. The lowest BCUT2D eigenvalue weighted by atomic mass is 9.98. The molecule has 2 aromatic carbocycles. The quantitative estimate of drug-likeness (QED) is 0.510. The largest absolute Gasteiger partial charge is 0.205 e. The summed E-state index contributed by atoms with van der Waals surface area (Å²) in [6.07, 6.45) is 0. The van der Waals surface area contributed by atoms with Gasteiger partial charge in [-0.1, -0.05) is 55.6 Å². The van der Waals surface area contributed by atoms with Crippen molar-refractivity contribution < 1.29 is 4.39 Å². The van der Waals surface area contributed by atoms with Gasteiger partial charge in [0.2, 0.25) is 0 Å². The average Bonchev–Trinajstić information content (AvgIpc) is 2.36. The second-order valence-electron chi connectivity index (χ2n) is 4.49. The van der Waals surface area contributed by atoms with Gasteiger partial charge in [-0.15, -0.1) is 0 Å². The molecule has 0 saturated carbocycles. The molecule has 0 aliphatic rings. The van der Waals surface area contributed by atoms with Crippen molar-refractivity contribution in [3.63, 3.8) is 0 Å². The molecule has 1 atom stereocenters. The number of rotatable bonds is 2. The molecule has 0 spiro atoms. The monoisotopic (exact) mass is 404 g/mol. The zero-order chi connectivity index (χ0) is 14.2. The lowest BCUT2D eigenvalue weighted by Crippen LogP contribution is -1.98. The van der Waals surface area contributed by atoms with Crippen molar-refractivity contribution in [1.82, 2.24) is 0 Å². The molecule has 19 heavy (non-hydrogen) atoms. The third-order valence-corrected chi connectivity index (χ3v) is 5.22. The lowest BCUT2D eigenvalue weighted by molar-refractivity contribution is 0.627. The van der Waals surface area contributed by atoms with Gasteiger partial charge >= 0.3 is 0 Å². The Morgan fingerprint density at radius 3 is 2.42 bits per heavy atom. The second kappa shape index (κ2) is 5.94. The minimum Gasteiger partial charge on any atom is -0.205 e. The molecule has 4 heteroatoms. The van der Waals surface area contributed by atoms with Gasteiger partial charge in [0.15, 0.2) is 0 Å². The van der Waals surface area contributed by atoms with Crippen LogP contribution in [-0.2, 0) is 0 Å². The van der Waals surface area contributed by atoms with Gasteiger partial charge in [0, 0.05) is 4.47 Å². The molecule has 0 N–H and O–H groups in total. The topological polar surface area (TPSA) is 0 Å². The summed E-state index contributed by atoms with van der Waals surface area (Å²) in [4.78, 5) is -0.00241. The molecule has 0 amide bonds. The van der Waals surface area contributed by atoms with Crippen LogP contribution in [0.5, 0.6) is 0 Å². The van der Waals surface area contributed by atoms with E-state index in [1.165, 1.54) is 17.2 Å². The molecule has 0 nitrogen and oxygen atoms in total. The summed E-state index contributed by atoms with van der Waals surface area (Å²) in [7, 11) is 0. The zero-order valence-corrected chi connectivity index (χ0v) is 14.4. The van der Waals surface area contributed by atoms with Gasteiger partial charge in [0.1, 0.15) is 5.82 Å². The molecular weight excluding hydrogens is 394 g/mol. The highest BCUT2D eigenvalue weighted by Crippen LogP contribution is 2.36. The van der Waals surface area contributed by atoms with Crippen LogP contribution in [0.2, 0.25) is 5.02 Å². The smallest absolute Gasteiger partial charge is 0.141 e. The predicted octanol–water partition coefficient (Wildman–Crippen LogP) is 6.34. The summed E-state index contributed by atoms with van der Waals surface area (Å²) in [5, 5.41) is 0.147. The Morgan fingerprint density at radius 1 is 1.11 bits per heavy atom. The van der Waals surface area contributed by atoms with E-state index in [9.17, 15) is 4.39 Å². The first kappa shape index (κ1) is 15.0. The van der Waals surface area contributed by atoms with E-state index in [2.05, 4.69) is 50.9 Å². The Balaban J connectivity index is 2.46. The number of benzene rings is 2. The average molecular weight is 407 g/mol. The third kappa shape index (κ3) is 3.21. The summed E-state index contributed by atoms with van der Waals surface area (Å²) in [6, 6.07) is 9.01. The Kier molecular flexibility index (Phi) is 4.70.